The van der Waals surface area contributed by atoms with Gasteiger partial charge in [-0.1, -0.05) is 12.1 Å². The van der Waals surface area contributed by atoms with Crippen LogP contribution in [-0.4, -0.2) is 41.9 Å². The quantitative estimate of drug-likeness (QED) is 0.765. The van der Waals surface area contributed by atoms with Crippen LogP contribution in [0.2, 0.25) is 0 Å². The number of nitrogens with one attached hydrogen (secondary N) is 2. The smallest absolute Gasteiger partial charge is 0.325 e. The van der Waals surface area contributed by atoms with Gasteiger partial charge < -0.3 is 15.4 Å². The van der Waals surface area contributed by atoms with Crippen molar-refractivity contribution < 1.29 is 19.1 Å². The van der Waals surface area contributed by atoms with E-state index in [1.165, 1.54) is 0 Å². The topological polar surface area (TPSA) is 87.7 Å². The minimum atomic E-state index is -1.18. The number of rotatable bonds is 6. The summed E-state index contributed by atoms with van der Waals surface area (Å²) in [6.45, 7) is 3.83. The molecule has 128 valence electrons. The lowest BCUT2D eigenvalue weighted by atomic mass is 9.92. The summed E-state index contributed by atoms with van der Waals surface area (Å²) in [7, 11) is 0. The van der Waals surface area contributed by atoms with Crippen LogP contribution in [0.4, 0.5) is 4.79 Å². The van der Waals surface area contributed by atoms with E-state index in [-0.39, 0.29) is 18.5 Å². The largest absolute Gasteiger partial charge is 0.494 e. The zero-order valence-electron chi connectivity index (χ0n) is 13.8. The van der Waals surface area contributed by atoms with E-state index in [0.717, 1.165) is 17.7 Å². The average molecular weight is 331 g/mol. The molecule has 7 heteroatoms. The lowest BCUT2D eigenvalue weighted by Gasteiger charge is -2.22. The van der Waals surface area contributed by atoms with Gasteiger partial charge in [0, 0.05) is 6.04 Å². The van der Waals surface area contributed by atoms with Crippen molar-refractivity contribution >= 4 is 17.8 Å². The van der Waals surface area contributed by atoms with Crippen molar-refractivity contribution in [3.63, 3.8) is 0 Å². The summed E-state index contributed by atoms with van der Waals surface area (Å²) < 4.78 is 5.39. The maximum atomic E-state index is 12.7. The highest BCUT2D eigenvalue weighted by Gasteiger charge is 2.49. The number of nitrogens with zero attached hydrogens (tertiary/aromatic N) is 1. The molecule has 1 aliphatic heterocycles. The second-order valence-corrected chi connectivity index (χ2v) is 6.25. The van der Waals surface area contributed by atoms with E-state index in [0.29, 0.717) is 17.9 Å². The third kappa shape index (κ3) is 3.06. The summed E-state index contributed by atoms with van der Waals surface area (Å²) in [4.78, 5) is 37.8. The molecular weight excluding hydrogens is 310 g/mol. The standard InChI is InChI=1S/C17H21N3O4/c1-3-24-13-8-4-11(5-9-13)17(2)15(22)20(16(23)19-17)10-14(21)18-12-6-7-12/h4-5,8-9,12H,3,6-7,10H2,1-2H3,(H,18,21)(H,19,23)/t17-/m0/s1. The Morgan fingerprint density at radius 2 is 2.00 bits per heavy atom. The summed E-state index contributed by atoms with van der Waals surface area (Å²) >= 11 is 0. The summed E-state index contributed by atoms with van der Waals surface area (Å²) in [5.74, 6) is -0.0400. The molecule has 2 fully saturated rings. The molecule has 24 heavy (non-hydrogen) atoms. The van der Waals surface area contributed by atoms with Crippen molar-refractivity contribution in [2.45, 2.75) is 38.3 Å². The second kappa shape index (κ2) is 6.14. The van der Waals surface area contributed by atoms with Gasteiger partial charge in [0.2, 0.25) is 5.91 Å². The van der Waals surface area contributed by atoms with E-state index >= 15 is 0 Å². The SMILES string of the molecule is CCOc1ccc([C@]2(C)NC(=O)N(CC(=O)NC3CC3)C2=O)cc1. The monoisotopic (exact) mass is 331 g/mol. The molecule has 1 saturated carbocycles. The Labute approximate surface area is 140 Å². The van der Waals surface area contributed by atoms with E-state index in [1.54, 1.807) is 31.2 Å². The fraction of sp³-hybridized carbons (Fsp3) is 0.471. The van der Waals surface area contributed by atoms with Gasteiger partial charge in [-0.2, -0.15) is 0 Å². The van der Waals surface area contributed by atoms with E-state index < -0.39 is 17.5 Å². The van der Waals surface area contributed by atoms with E-state index in [4.69, 9.17) is 4.74 Å². The average Bonchev–Trinajstić information content (AvgIpc) is 3.33. The molecule has 1 aliphatic carbocycles. The Morgan fingerprint density at radius 1 is 1.33 bits per heavy atom. The summed E-state index contributed by atoms with van der Waals surface area (Å²) in [6.07, 6.45) is 1.91. The Kier molecular flexibility index (Phi) is 4.17. The van der Waals surface area contributed by atoms with E-state index in [9.17, 15) is 14.4 Å². The normalized spacial score (nSPS) is 23.2. The highest BCUT2D eigenvalue weighted by Crippen LogP contribution is 2.30. The van der Waals surface area contributed by atoms with Gasteiger partial charge in [0.25, 0.3) is 5.91 Å². The first-order valence-electron chi connectivity index (χ1n) is 8.11. The van der Waals surface area contributed by atoms with Crippen LogP contribution in [0, 0.1) is 0 Å². The third-order valence-corrected chi connectivity index (χ3v) is 4.26. The first-order chi connectivity index (χ1) is 11.4. The molecule has 1 heterocycles. The summed E-state index contributed by atoms with van der Waals surface area (Å²) in [6, 6.07) is 6.64. The van der Waals surface area contributed by atoms with Gasteiger partial charge >= 0.3 is 6.03 Å². The summed E-state index contributed by atoms with van der Waals surface area (Å²) in [5.41, 5.74) is -0.531. The zero-order valence-corrected chi connectivity index (χ0v) is 13.8. The van der Waals surface area contributed by atoms with Crippen LogP contribution < -0.4 is 15.4 Å². The fourth-order valence-corrected chi connectivity index (χ4v) is 2.73. The van der Waals surface area contributed by atoms with E-state index in [2.05, 4.69) is 10.6 Å². The van der Waals surface area contributed by atoms with Gasteiger partial charge in [0.15, 0.2) is 0 Å². The molecule has 0 bridgehead atoms. The van der Waals surface area contributed by atoms with Crippen LogP contribution in [0.1, 0.15) is 32.3 Å². The Morgan fingerprint density at radius 3 is 2.58 bits per heavy atom. The molecule has 1 aromatic carbocycles. The first-order valence-corrected chi connectivity index (χ1v) is 8.11. The highest BCUT2D eigenvalue weighted by molar-refractivity contribution is 6.09. The van der Waals surface area contributed by atoms with Crippen molar-refractivity contribution in [1.29, 1.82) is 0 Å². The number of amides is 4. The molecule has 1 saturated heterocycles. The number of hydrogen-bond acceptors (Lipinski definition) is 4. The van der Waals surface area contributed by atoms with Gasteiger partial charge in [-0.25, -0.2) is 4.79 Å². The first kappa shape index (κ1) is 16.3. The molecular formula is C17H21N3O4. The molecule has 0 unspecified atom stereocenters. The Bertz CT molecular complexity index is 669. The Hall–Kier alpha value is -2.57. The highest BCUT2D eigenvalue weighted by atomic mass is 16.5. The van der Waals surface area contributed by atoms with Crippen molar-refractivity contribution in [2.24, 2.45) is 0 Å². The van der Waals surface area contributed by atoms with Gasteiger partial charge in [-0.05, 0) is 44.4 Å². The van der Waals surface area contributed by atoms with Crippen LogP contribution in [0.15, 0.2) is 24.3 Å². The minimum absolute atomic E-state index is 0.191. The lowest BCUT2D eigenvalue weighted by molar-refractivity contribution is -0.134. The molecule has 0 radical (unpaired) electrons. The number of hydrogen-bond donors (Lipinski definition) is 2. The predicted molar refractivity (Wildman–Crippen MR) is 86.4 cm³/mol. The second-order valence-electron chi connectivity index (χ2n) is 6.25. The number of carbonyl (C=O) groups is 3. The number of urea groups is 1. The molecule has 1 aromatic rings. The van der Waals surface area contributed by atoms with Gasteiger partial charge in [-0.3, -0.25) is 14.5 Å². The molecule has 0 aromatic heterocycles. The van der Waals surface area contributed by atoms with Crippen molar-refractivity contribution in [3.8, 4) is 5.75 Å². The zero-order chi connectivity index (χ0) is 17.3. The third-order valence-electron chi connectivity index (χ3n) is 4.26. The maximum absolute atomic E-state index is 12.7. The molecule has 1 atom stereocenters. The Balaban J connectivity index is 1.74. The molecule has 0 spiro atoms. The number of carbonyl (C=O) groups excluding carboxylic acids is 3. The van der Waals surface area contributed by atoms with Crippen LogP contribution in [0.3, 0.4) is 0 Å². The molecule has 2 aliphatic rings. The maximum Gasteiger partial charge on any atom is 0.325 e. The fourth-order valence-electron chi connectivity index (χ4n) is 2.73. The summed E-state index contributed by atoms with van der Waals surface area (Å²) in [5, 5.41) is 5.47. The van der Waals surface area contributed by atoms with Crippen LogP contribution >= 0.6 is 0 Å². The molecule has 2 N–H and O–H groups in total. The van der Waals surface area contributed by atoms with Crippen LogP contribution in [0.25, 0.3) is 0 Å². The lowest BCUT2D eigenvalue weighted by Crippen LogP contribution is -2.43. The number of benzene rings is 1. The van der Waals surface area contributed by atoms with Gasteiger partial charge in [-0.15, -0.1) is 0 Å². The number of ether oxygens (including phenoxy) is 1. The van der Waals surface area contributed by atoms with Crippen molar-refractivity contribution in [1.82, 2.24) is 15.5 Å². The van der Waals surface area contributed by atoms with Crippen LogP contribution in [-0.2, 0) is 15.1 Å². The van der Waals surface area contributed by atoms with Crippen LogP contribution in [0.5, 0.6) is 5.75 Å². The molecule has 3 rings (SSSR count). The van der Waals surface area contributed by atoms with Gasteiger partial charge in [0.1, 0.15) is 17.8 Å². The van der Waals surface area contributed by atoms with Crippen molar-refractivity contribution in [2.75, 3.05) is 13.2 Å². The van der Waals surface area contributed by atoms with E-state index in [1.807, 2.05) is 6.92 Å². The molecule has 4 amide bonds. The predicted octanol–water partition coefficient (Wildman–Crippen LogP) is 1.13. The van der Waals surface area contributed by atoms with Gasteiger partial charge in [0.05, 0.1) is 6.61 Å². The minimum Gasteiger partial charge on any atom is -0.494 e. The van der Waals surface area contributed by atoms with Crippen molar-refractivity contribution in [3.05, 3.63) is 29.8 Å². The number of imide groups is 1. The molecule has 7 nitrogen and oxygen atoms in total.